The second-order valence-corrected chi connectivity index (χ2v) is 8.34. The minimum absolute atomic E-state index is 0.272. The first-order valence-corrected chi connectivity index (χ1v) is 10.7. The fourth-order valence-electron chi connectivity index (χ4n) is 4.20. The smallest absolute Gasteiger partial charge is 0.266 e. The summed E-state index contributed by atoms with van der Waals surface area (Å²) >= 11 is 3.46. The van der Waals surface area contributed by atoms with Crippen molar-refractivity contribution in [2.75, 3.05) is 17.1 Å². The van der Waals surface area contributed by atoms with Crippen molar-refractivity contribution in [3.63, 3.8) is 0 Å². The number of benzene rings is 3. The monoisotopic (exact) mass is 478 g/mol. The summed E-state index contributed by atoms with van der Waals surface area (Å²) in [6, 6.07) is 23.7. The minimum atomic E-state index is -0.886. The van der Waals surface area contributed by atoms with Gasteiger partial charge in [-0.15, -0.1) is 0 Å². The van der Waals surface area contributed by atoms with Gasteiger partial charge in [0, 0.05) is 4.47 Å². The zero-order valence-electron chi connectivity index (χ0n) is 16.6. The van der Waals surface area contributed by atoms with Crippen LogP contribution >= 0.6 is 15.9 Å². The van der Waals surface area contributed by atoms with Crippen LogP contribution in [0.3, 0.4) is 0 Å². The van der Waals surface area contributed by atoms with Crippen molar-refractivity contribution in [3.8, 4) is 5.75 Å². The number of methoxy groups -OCH3 is 1. The van der Waals surface area contributed by atoms with Gasteiger partial charge in [-0.2, -0.15) is 0 Å². The van der Waals surface area contributed by atoms with Gasteiger partial charge in [0.1, 0.15) is 11.7 Å². The summed E-state index contributed by atoms with van der Waals surface area (Å²) in [6.45, 7) is 0. The molecule has 2 fully saturated rings. The molecule has 3 aromatic rings. The van der Waals surface area contributed by atoms with Crippen LogP contribution in [-0.4, -0.2) is 25.0 Å². The van der Waals surface area contributed by atoms with Crippen LogP contribution in [0, 0.1) is 5.92 Å². The number of hydroxylamine groups is 1. The molecule has 156 valence electrons. The summed E-state index contributed by atoms with van der Waals surface area (Å²) in [4.78, 5) is 34.2. The lowest BCUT2D eigenvalue weighted by atomic mass is 9.90. The molecule has 0 N–H and O–H groups in total. The van der Waals surface area contributed by atoms with Crippen LogP contribution in [0.15, 0.2) is 83.3 Å². The second-order valence-electron chi connectivity index (χ2n) is 7.42. The molecule has 3 aromatic carbocycles. The minimum Gasteiger partial charge on any atom is -0.497 e. The van der Waals surface area contributed by atoms with Gasteiger partial charge in [-0.3, -0.25) is 14.4 Å². The Morgan fingerprint density at radius 3 is 2.16 bits per heavy atom. The molecule has 31 heavy (non-hydrogen) atoms. The third-order valence-electron chi connectivity index (χ3n) is 5.67. The number of rotatable bonds is 4. The molecule has 0 aliphatic carbocycles. The number of amides is 2. The van der Waals surface area contributed by atoms with Crippen LogP contribution in [0.25, 0.3) is 0 Å². The number of halogens is 1. The van der Waals surface area contributed by atoms with E-state index in [2.05, 4.69) is 15.9 Å². The summed E-state index contributed by atoms with van der Waals surface area (Å²) in [5.41, 5.74) is 2.20. The van der Waals surface area contributed by atoms with E-state index in [1.165, 1.54) is 4.90 Å². The van der Waals surface area contributed by atoms with E-state index in [0.717, 1.165) is 15.7 Å². The average molecular weight is 479 g/mol. The topological polar surface area (TPSA) is 59.1 Å². The van der Waals surface area contributed by atoms with E-state index in [9.17, 15) is 9.59 Å². The van der Waals surface area contributed by atoms with Crippen molar-refractivity contribution >= 4 is 39.1 Å². The van der Waals surface area contributed by atoms with Crippen LogP contribution in [0.1, 0.15) is 11.6 Å². The molecule has 2 amide bonds. The van der Waals surface area contributed by atoms with E-state index in [4.69, 9.17) is 9.57 Å². The number of hydrogen-bond donors (Lipinski definition) is 0. The number of fused-ring (bicyclic) bond motifs is 1. The van der Waals surface area contributed by atoms with E-state index >= 15 is 0 Å². The van der Waals surface area contributed by atoms with Gasteiger partial charge in [-0.1, -0.05) is 46.3 Å². The predicted octanol–water partition coefficient (Wildman–Crippen LogP) is 4.51. The highest BCUT2D eigenvalue weighted by molar-refractivity contribution is 9.10. The molecular weight excluding hydrogens is 460 g/mol. The Hall–Kier alpha value is -3.16. The molecular formula is C24H19BrN2O4. The molecule has 0 radical (unpaired) electrons. The average Bonchev–Trinajstić information content (AvgIpc) is 3.31. The van der Waals surface area contributed by atoms with Gasteiger partial charge < -0.3 is 4.74 Å². The van der Waals surface area contributed by atoms with E-state index < -0.39 is 18.1 Å². The molecule has 2 saturated heterocycles. The summed E-state index contributed by atoms with van der Waals surface area (Å²) in [5, 5.41) is 1.69. The van der Waals surface area contributed by atoms with Crippen LogP contribution in [0.5, 0.6) is 5.75 Å². The molecule has 2 heterocycles. The maximum absolute atomic E-state index is 13.5. The molecule has 3 atom stereocenters. The molecule has 0 aromatic heterocycles. The maximum Gasteiger partial charge on any atom is 0.266 e. The van der Waals surface area contributed by atoms with Gasteiger partial charge in [0.05, 0.1) is 24.5 Å². The number of carbonyl (C=O) groups is 2. The summed E-state index contributed by atoms with van der Waals surface area (Å²) in [6.07, 6.45) is -0.886. The van der Waals surface area contributed by atoms with Crippen LogP contribution in [-0.2, 0) is 14.4 Å². The lowest BCUT2D eigenvalue weighted by Crippen LogP contribution is -2.37. The number of anilines is 2. The molecule has 0 unspecified atom stereocenters. The Bertz CT molecular complexity index is 1120. The number of carbonyl (C=O) groups excluding carboxylic acids is 2. The molecule has 2 aliphatic rings. The van der Waals surface area contributed by atoms with Crippen molar-refractivity contribution in [1.29, 1.82) is 0 Å². The molecule has 7 heteroatoms. The predicted molar refractivity (Wildman–Crippen MR) is 120 cm³/mol. The van der Waals surface area contributed by atoms with Crippen LogP contribution < -0.4 is 14.7 Å². The lowest BCUT2D eigenvalue weighted by Gasteiger charge is -2.28. The van der Waals surface area contributed by atoms with E-state index in [1.54, 1.807) is 36.4 Å². The van der Waals surface area contributed by atoms with Crippen molar-refractivity contribution in [3.05, 3.63) is 88.9 Å². The van der Waals surface area contributed by atoms with Gasteiger partial charge in [-0.25, -0.2) is 9.96 Å². The molecule has 6 nitrogen and oxygen atoms in total. The number of para-hydroxylation sites is 1. The summed E-state index contributed by atoms with van der Waals surface area (Å²) in [5.74, 6) is -0.634. The first-order chi connectivity index (χ1) is 15.1. The highest BCUT2D eigenvalue weighted by Gasteiger charge is 2.60. The number of imide groups is 1. The molecule has 0 spiro atoms. The zero-order valence-corrected chi connectivity index (χ0v) is 18.2. The Labute approximate surface area is 188 Å². The number of hydrogen-bond acceptors (Lipinski definition) is 5. The fraction of sp³-hybridized carbons (Fsp3) is 0.167. The Morgan fingerprint density at radius 2 is 1.52 bits per heavy atom. The van der Waals surface area contributed by atoms with E-state index in [-0.39, 0.29) is 11.8 Å². The molecule has 0 saturated carbocycles. The second kappa shape index (κ2) is 7.83. The molecule has 0 bridgehead atoms. The van der Waals surface area contributed by atoms with Crippen molar-refractivity contribution in [1.82, 2.24) is 0 Å². The standard InChI is InChI=1S/C24H19BrN2O4/c1-30-19-13-11-17(12-14-19)26-23(28)20-21(15-7-9-16(25)10-8-15)27(31-22(20)24(26)29)18-5-3-2-4-6-18/h2-14,20-22H,1H3/t20-,21-,22-/m0/s1. The third kappa shape index (κ3) is 3.30. The Kier molecular flexibility index (Phi) is 5.00. The number of nitrogens with zero attached hydrogens (tertiary/aromatic N) is 2. The van der Waals surface area contributed by atoms with Crippen LogP contribution in [0.2, 0.25) is 0 Å². The van der Waals surface area contributed by atoms with E-state index in [1.807, 2.05) is 54.6 Å². The largest absolute Gasteiger partial charge is 0.497 e. The normalized spacial score (nSPS) is 22.7. The first kappa shape index (κ1) is 19.8. The van der Waals surface area contributed by atoms with Crippen molar-refractivity contribution in [2.24, 2.45) is 5.92 Å². The van der Waals surface area contributed by atoms with Crippen molar-refractivity contribution in [2.45, 2.75) is 12.1 Å². The van der Waals surface area contributed by atoms with Gasteiger partial charge in [0.25, 0.3) is 5.91 Å². The summed E-state index contributed by atoms with van der Waals surface area (Å²) < 4.78 is 6.12. The van der Waals surface area contributed by atoms with Crippen molar-refractivity contribution < 1.29 is 19.2 Å². The maximum atomic E-state index is 13.5. The number of ether oxygens (including phenoxy) is 1. The summed E-state index contributed by atoms with van der Waals surface area (Å²) in [7, 11) is 1.57. The lowest BCUT2D eigenvalue weighted by molar-refractivity contribution is -0.126. The zero-order chi connectivity index (χ0) is 21.5. The van der Waals surface area contributed by atoms with Gasteiger partial charge >= 0.3 is 0 Å². The quantitative estimate of drug-likeness (QED) is 0.516. The van der Waals surface area contributed by atoms with Crippen LogP contribution in [0.4, 0.5) is 11.4 Å². The molecule has 5 rings (SSSR count). The van der Waals surface area contributed by atoms with Gasteiger partial charge in [0.15, 0.2) is 6.10 Å². The highest BCUT2D eigenvalue weighted by Crippen LogP contribution is 2.47. The Balaban J connectivity index is 1.56. The van der Waals surface area contributed by atoms with Gasteiger partial charge in [0.2, 0.25) is 5.91 Å². The highest BCUT2D eigenvalue weighted by atomic mass is 79.9. The van der Waals surface area contributed by atoms with Gasteiger partial charge in [-0.05, 0) is 54.1 Å². The Morgan fingerprint density at radius 1 is 0.839 bits per heavy atom. The molecule has 2 aliphatic heterocycles. The SMILES string of the molecule is COc1ccc(N2C(=O)[C@@H]3[C@H](ON(c4ccccc4)[C@H]3c3ccc(Br)cc3)C2=O)cc1. The third-order valence-corrected chi connectivity index (χ3v) is 6.20. The first-order valence-electron chi connectivity index (χ1n) is 9.87. The van der Waals surface area contributed by atoms with E-state index in [0.29, 0.717) is 11.4 Å². The fourth-order valence-corrected chi connectivity index (χ4v) is 4.46.